The summed E-state index contributed by atoms with van der Waals surface area (Å²) in [6.45, 7) is 1.44. The van der Waals surface area contributed by atoms with Crippen molar-refractivity contribution in [2.45, 2.75) is 31.3 Å². The molecule has 1 atom stereocenters. The van der Waals surface area contributed by atoms with Crippen molar-refractivity contribution >= 4 is 11.4 Å². The molecule has 3 aromatic rings. The first-order chi connectivity index (χ1) is 14.6. The highest BCUT2D eigenvalue weighted by atomic mass is 16.5. The van der Waals surface area contributed by atoms with Crippen LogP contribution in [0, 0.1) is 17.2 Å². The fourth-order valence-electron chi connectivity index (χ4n) is 4.45. The van der Waals surface area contributed by atoms with Gasteiger partial charge in [0.25, 0.3) is 0 Å². The molecule has 1 aliphatic carbocycles. The molecule has 2 N–H and O–H groups in total. The highest BCUT2D eigenvalue weighted by Crippen LogP contribution is 2.33. The molecule has 0 aromatic carbocycles. The molecule has 0 bridgehead atoms. The third-order valence-electron chi connectivity index (χ3n) is 6.22. The number of methoxy groups -OCH3 is 1. The first-order valence-corrected chi connectivity index (χ1v) is 10.1. The molecular weight excluding hydrogens is 382 g/mol. The number of nitrogens with zero attached hydrogens (tertiary/aromatic N) is 6. The maximum Gasteiger partial charge on any atom is 0.225 e. The minimum atomic E-state index is 0.0958. The molecule has 1 saturated carbocycles. The predicted octanol–water partition coefficient (Wildman–Crippen LogP) is 1.59. The minimum absolute atomic E-state index is 0.0958. The van der Waals surface area contributed by atoms with Crippen molar-refractivity contribution in [3.63, 3.8) is 0 Å². The van der Waals surface area contributed by atoms with Gasteiger partial charge in [-0.3, -0.25) is 9.48 Å². The summed E-state index contributed by atoms with van der Waals surface area (Å²) in [7, 11) is 1.58. The van der Waals surface area contributed by atoms with E-state index in [1.54, 1.807) is 11.6 Å². The van der Waals surface area contributed by atoms with Crippen LogP contribution in [-0.2, 0) is 4.79 Å². The van der Waals surface area contributed by atoms with Crippen LogP contribution in [0.1, 0.15) is 30.9 Å². The Morgan fingerprint density at radius 3 is 2.83 bits per heavy atom. The van der Waals surface area contributed by atoms with Crippen molar-refractivity contribution < 1.29 is 9.53 Å². The Balaban J connectivity index is 1.36. The van der Waals surface area contributed by atoms with Gasteiger partial charge >= 0.3 is 0 Å². The summed E-state index contributed by atoms with van der Waals surface area (Å²) in [6, 6.07) is 4.37. The number of pyridine rings is 1. The van der Waals surface area contributed by atoms with E-state index in [1.165, 1.54) is 6.20 Å². The molecule has 2 fully saturated rings. The zero-order valence-corrected chi connectivity index (χ0v) is 16.7. The molecule has 5 rings (SSSR count). The van der Waals surface area contributed by atoms with Gasteiger partial charge in [-0.25, -0.2) is 4.52 Å². The van der Waals surface area contributed by atoms with Gasteiger partial charge in [-0.1, -0.05) is 0 Å². The number of carbonyl (C=O) groups excluding carboxylic acids is 1. The zero-order chi connectivity index (χ0) is 20.8. The Morgan fingerprint density at radius 1 is 1.27 bits per heavy atom. The van der Waals surface area contributed by atoms with Crippen molar-refractivity contribution in [1.82, 2.24) is 24.3 Å². The van der Waals surface area contributed by atoms with Crippen molar-refractivity contribution in [3.8, 4) is 22.9 Å². The van der Waals surface area contributed by atoms with E-state index in [2.05, 4.69) is 16.3 Å². The quantitative estimate of drug-likeness (QED) is 0.705. The molecule has 4 heterocycles. The first kappa shape index (κ1) is 18.6. The van der Waals surface area contributed by atoms with Crippen LogP contribution in [-0.4, -0.2) is 56.4 Å². The average molecular weight is 405 g/mol. The van der Waals surface area contributed by atoms with Gasteiger partial charge in [0.15, 0.2) is 0 Å². The second-order valence-electron chi connectivity index (χ2n) is 8.12. The van der Waals surface area contributed by atoms with Gasteiger partial charge in [0, 0.05) is 48.6 Å². The summed E-state index contributed by atoms with van der Waals surface area (Å²) in [5, 5.41) is 18.1. The highest BCUT2D eigenvalue weighted by Gasteiger charge is 2.37. The number of aromatic nitrogens is 4. The molecule has 2 aliphatic rings. The molecular formula is C21H23N7O2. The van der Waals surface area contributed by atoms with Crippen LogP contribution in [0.25, 0.3) is 16.6 Å². The SMILES string of the molecule is COc1cc(-c2cnn([C@@H]3CCN(C(=O)C4CC(N)C4)C3)c2)cn2ncc(C#N)c12. The van der Waals surface area contributed by atoms with Crippen molar-refractivity contribution in [2.75, 3.05) is 20.2 Å². The number of amides is 1. The van der Waals surface area contributed by atoms with Gasteiger partial charge in [0.05, 0.1) is 25.5 Å². The summed E-state index contributed by atoms with van der Waals surface area (Å²) >= 11 is 0. The van der Waals surface area contributed by atoms with Crippen molar-refractivity contribution in [2.24, 2.45) is 11.7 Å². The van der Waals surface area contributed by atoms with Crippen LogP contribution in [0.5, 0.6) is 5.75 Å². The van der Waals surface area contributed by atoms with Gasteiger partial charge in [0.2, 0.25) is 5.91 Å². The number of hydrogen-bond donors (Lipinski definition) is 1. The topological polar surface area (TPSA) is 114 Å². The number of ether oxygens (including phenoxy) is 1. The average Bonchev–Trinajstić information content (AvgIpc) is 3.48. The third-order valence-corrected chi connectivity index (χ3v) is 6.22. The Hall–Kier alpha value is -3.38. The van der Waals surface area contributed by atoms with Crippen LogP contribution in [0.4, 0.5) is 0 Å². The van der Waals surface area contributed by atoms with E-state index in [0.717, 1.165) is 36.9 Å². The zero-order valence-electron chi connectivity index (χ0n) is 16.7. The van der Waals surface area contributed by atoms with E-state index >= 15 is 0 Å². The molecule has 1 amide bonds. The molecule has 3 aromatic heterocycles. The van der Waals surface area contributed by atoms with E-state index in [1.807, 2.05) is 34.2 Å². The number of nitrogens with two attached hydrogens (primary N) is 1. The molecule has 9 heteroatoms. The second kappa shape index (κ2) is 7.15. The number of nitriles is 1. The van der Waals surface area contributed by atoms with Gasteiger partial charge in [-0.2, -0.15) is 15.5 Å². The molecule has 9 nitrogen and oxygen atoms in total. The third kappa shape index (κ3) is 3.00. The Bertz CT molecular complexity index is 1150. The van der Waals surface area contributed by atoms with Crippen molar-refractivity contribution in [3.05, 3.63) is 36.4 Å². The number of carbonyl (C=O) groups is 1. The minimum Gasteiger partial charge on any atom is -0.494 e. The lowest BCUT2D eigenvalue weighted by Crippen LogP contribution is -2.46. The normalized spacial score (nSPS) is 23.4. The smallest absolute Gasteiger partial charge is 0.225 e. The molecule has 0 spiro atoms. The van der Waals surface area contributed by atoms with Gasteiger partial charge in [-0.05, 0) is 25.3 Å². The van der Waals surface area contributed by atoms with Gasteiger partial charge in [-0.15, -0.1) is 0 Å². The van der Waals surface area contributed by atoms with Crippen molar-refractivity contribution in [1.29, 1.82) is 5.26 Å². The lowest BCUT2D eigenvalue weighted by Gasteiger charge is -2.34. The summed E-state index contributed by atoms with van der Waals surface area (Å²) in [4.78, 5) is 14.5. The Morgan fingerprint density at radius 2 is 2.10 bits per heavy atom. The standard InChI is InChI=1S/C21H23N7O2/c1-30-19-6-14(10-28-20(19)15(7-22)8-25-28)16-9-24-27(11-16)18-2-3-26(12-18)21(29)13-4-17(23)5-13/h6,8-11,13,17-18H,2-5,12,23H2,1H3/t13?,17?,18-/m1/s1. The molecule has 30 heavy (non-hydrogen) atoms. The van der Waals surface area contributed by atoms with Gasteiger partial charge in [0.1, 0.15) is 22.9 Å². The van der Waals surface area contributed by atoms with E-state index in [9.17, 15) is 10.1 Å². The summed E-state index contributed by atoms with van der Waals surface area (Å²) in [5.74, 6) is 0.915. The maximum absolute atomic E-state index is 12.6. The lowest BCUT2D eigenvalue weighted by atomic mass is 9.80. The van der Waals surface area contributed by atoms with Crippen LogP contribution in [0.3, 0.4) is 0 Å². The van der Waals surface area contributed by atoms with E-state index in [0.29, 0.717) is 23.4 Å². The second-order valence-corrected chi connectivity index (χ2v) is 8.12. The fraction of sp³-hybridized carbons (Fsp3) is 0.429. The van der Waals surface area contributed by atoms with E-state index in [-0.39, 0.29) is 23.9 Å². The molecule has 1 aliphatic heterocycles. The van der Waals surface area contributed by atoms with Crippen LogP contribution < -0.4 is 10.5 Å². The van der Waals surface area contributed by atoms with Crippen LogP contribution in [0.15, 0.2) is 30.9 Å². The fourth-order valence-corrected chi connectivity index (χ4v) is 4.45. The van der Waals surface area contributed by atoms with Gasteiger partial charge < -0.3 is 15.4 Å². The number of fused-ring (bicyclic) bond motifs is 1. The molecule has 1 saturated heterocycles. The Kier molecular flexibility index (Phi) is 4.44. The largest absolute Gasteiger partial charge is 0.494 e. The predicted molar refractivity (Wildman–Crippen MR) is 109 cm³/mol. The van der Waals surface area contributed by atoms with E-state index in [4.69, 9.17) is 10.5 Å². The number of likely N-dealkylation sites (tertiary alicyclic amines) is 1. The van der Waals surface area contributed by atoms with Crippen LogP contribution in [0.2, 0.25) is 0 Å². The molecule has 0 radical (unpaired) electrons. The monoisotopic (exact) mass is 405 g/mol. The lowest BCUT2D eigenvalue weighted by molar-refractivity contribution is -0.137. The Labute approximate surface area is 173 Å². The number of hydrogen-bond acceptors (Lipinski definition) is 6. The molecule has 154 valence electrons. The summed E-state index contributed by atoms with van der Waals surface area (Å²) in [5.41, 5.74) is 8.78. The molecule has 0 unspecified atom stereocenters. The number of rotatable bonds is 4. The summed E-state index contributed by atoms with van der Waals surface area (Å²) < 4.78 is 9.09. The first-order valence-electron chi connectivity index (χ1n) is 10.1. The highest BCUT2D eigenvalue weighted by molar-refractivity contribution is 5.80. The van der Waals surface area contributed by atoms with Crippen LogP contribution >= 0.6 is 0 Å². The summed E-state index contributed by atoms with van der Waals surface area (Å²) in [6.07, 6.45) is 9.69. The maximum atomic E-state index is 12.6. The van der Waals surface area contributed by atoms with E-state index < -0.39 is 0 Å².